The molecule has 0 unspecified atom stereocenters. The number of hydrogen-bond acceptors (Lipinski definition) is 12. The van der Waals surface area contributed by atoms with Crippen molar-refractivity contribution in [1.29, 1.82) is 0 Å². The fourth-order valence-electron chi connectivity index (χ4n) is 4.10. The Bertz CT molecular complexity index is 986. The first kappa shape index (κ1) is 28.6. The lowest BCUT2D eigenvalue weighted by molar-refractivity contribution is -0.327. The molecule has 1 aromatic rings. The number of esters is 2. The van der Waals surface area contributed by atoms with Gasteiger partial charge in [-0.2, -0.15) is 0 Å². The van der Waals surface area contributed by atoms with Crippen LogP contribution in [0.5, 0.6) is 5.75 Å². The molecule has 37 heavy (non-hydrogen) atoms. The van der Waals surface area contributed by atoms with Gasteiger partial charge in [0.2, 0.25) is 6.29 Å². The van der Waals surface area contributed by atoms with Crippen LogP contribution in [0.4, 0.5) is 0 Å². The van der Waals surface area contributed by atoms with Crippen molar-refractivity contribution >= 4 is 11.9 Å². The maximum Gasteiger partial charge on any atom is 0.337 e. The van der Waals surface area contributed by atoms with Gasteiger partial charge in [-0.15, -0.1) is 0 Å². The van der Waals surface area contributed by atoms with E-state index in [9.17, 15) is 35.1 Å². The van der Waals surface area contributed by atoms with Gasteiger partial charge in [0, 0.05) is 17.9 Å². The molecule has 12 nitrogen and oxygen atoms in total. The zero-order chi connectivity index (χ0) is 27.1. The topological polar surface area (TPSA) is 181 Å². The summed E-state index contributed by atoms with van der Waals surface area (Å²) < 4.78 is 26.8. The number of phenols is 1. The summed E-state index contributed by atoms with van der Waals surface area (Å²) in [5.41, 5.74) is 1.23. The van der Waals surface area contributed by atoms with Crippen LogP contribution in [0, 0.1) is 5.92 Å². The first-order chi connectivity index (χ1) is 17.7. The van der Waals surface area contributed by atoms with Crippen molar-refractivity contribution in [1.82, 2.24) is 0 Å². The highest BCUT2D eigenvalue weighted by Gasteiger charge is 2.46. The van der Waals surface area contributed by atoms with Gasteiger partial charge < -0.3 is 49.2 Å². The molecule has 0 amide bonds. The molecule has 1 aromatic carbocycles. The SMILES string of the molecule is CC=C1[C@H](O[C@@H]2O[C@@H](CO)[C@@H](O)[C@H](O)[C@H]2O)OC=C(C(=O)OC)[C@H]1CC(=O)OCCc1ccc(O)cc1. The molecule has 2 aliphatic heterocycles. The van der Waals surface area contributed by atoms with Crippen LogP contribution < -0.4 is 0 Å². The third-order valence-electron chi connectivity index (χ3n) is 6.19. The van der Waals surface area contributed by atoms with Gasteiger partial charge in [-0.05, 0) is 24.6 Å². The van der Waals surface area contributed by atoms with Gasteiger partial charge in [0.15, 0.2) is 6.29 Å². The third kappa shape index (κ3) is 6.86. The predicted molar refractivity (Wildman–Crippen MR) is 124 cm³/mol. The zero-order valence-electron chi connectivity index (χ0n) is 20.4. The minimum atomic E-state index is -1.67. The van der Waals surface area contributed by atoms with Crippen LogP contribution in [-0.4, -0.2) is 94.8 Å². The van der Waals surface area contributed by atoms with Crippen LogP contribution in [-0.2, 0) is 39.7 Å². The molecule has 3 rings (SSSR count). The highest BCUT2D eigenvalue weighted by atomic mass is 16.8. The van der Waals surface area contributed by atoms with Crippen LogP contribution in [0.3, 0.4) is 0 Å². The Morgan fingerprint density at radius 1 is 1.08 bits per heavy atom. The highest BCUT2D eigenvalue weighted by Crippen LogP contribution is 2.36. The number of aliphatic hydroxyl groups excluding tert-OH is 4. The van der Waals surface area contributed by atoms with E-state index in [0.29, 0.717) is 12.0 Å². The van der Waals surface area contributed by atoms with Crippen LogP contribution >= 0.6 is 0 Å². The summed E-state index contributed by atoms with van der Waals surface area (Å²) in [6, 6.07) is 6.47. The second kappa shape index (κ2) is 13.0. The molecule has 0 saturated carbocycles. The predicted octanol–water partition coefficient (Wildman–Crippen LogP) is -0.340. The highest BCUT2D eigenvalue weighted by molar-refractivity contribution is 5.90. The minimum absolute atomic E-state index is 0.0414. The fraction of sp³-hybridized carbons (Fsp3) is 0.520. The molecule has 204 valence electrons. The van der Waals surface area contributed by atoms with Gasteiger partial charge >= 0.3 is 11.9 Å². The summed E-state index contributed by atoms with van der Waals surface area (Å²) in [6.45, 7) is 1.06. The molecule has 0 spiro atoms. The number of methoxy groups -OCH3 is 1. The molecule has 0 bridgehead atoms. The van der Waals surface area contributed by atoms with Crippen molar-refractivity contribution in [3.8, 4) is 5.75 Å². The van der Waals surface area contributed by atoms with Crippen LogP contribution in [0.25, 0.3) is 0 Å². The number of allylic oxidation sites excluding steroid dienone is 1. The molecule has 2 aliphatic rings. The number of phenolic OH excluding ortho intramolecular Hbond substituents is 1. The van der Waals surface area contributed by atoms with E-state index in [1.54, 1.807) is 25.1 Å². The average molecular weight is 525 g/mol. The van der Waals surface area contributed by atoms with E-state index < -0.39 is 61.5 Å². The molecule has 0 aromatic heterocycles. The maximum atomic E-state index is 12.7. The quantitative estimate of drug-likeness (QED) is 0.210. The van der Waals surface area contributed by atoms with Crippen LogP contribution in [0.2, 0.25) is 0 Å². The largest absolute Gasteiger partial charge is 0.508 e. The summed E-state index contributed by atoms with van der Waals surface area (Å²) in [4.78, 5) is 25.1. The Balaban J connectivity index is 1.71. The van der Waals surface area contributed by atoms with E-state index in [4.69, 9.17) is 23.7 Å². The van der Waals surface area contributed by atoms with Gasteiger partial charge in [0.05, 0.1) is 38.6 Å². The van der Waals surface area contributed by atoms with Crippen molar-refractivity contribution in [2.75, 3.05) is 20.3 Å². The summed E-state index contributed by atoms with van der Waals surface area (Å²) in [5, 5.41) is 49.1. The Labute approximate surface area is 213 Å². The summed E-state index contributed by atoms with van der Waals surface area (Å²) in [6.07, 6.45) is -6.02. The second-order valence-corrected chi connectivity index (χ2v) is 8.55. The zero-order valence-corrected chi connectivity index (χ0v) is 20.4. The Kier molecular flexibility index (Phi) is 10.0. The number of aromatic hydroxyl groups is 1. The van der Waals surface area contributed by atoms with Crippen molar-refractivity contribution in [2.24, 2.45) is 5.92 Å². The van der Waals surface area contributed by atoms with Crippen molar-refractivity contribution in [3.63, 3.8) is 0 Å². The summed E-state index contributed by atoms with van der Waals surface area (Å²) >= 11 is 0. The Morgan fingerprint density at radius 3 is 2.41 bits per heavy atom. The van der Waals surface area contributed by atoms with E-state index in [2.05, 4.69) is 0 Å². The first-order valence-corrected chi connectivity index (χ1v) is 11.7. The van der Waals surface area contributed by atoms with E-state index in [1.807, 2.05) is 0 Å². The normalized spacial score (nSPS) is 30.8. The van der Waals surface area contributed by atoms with E-state index in [1.165, 1.54) is 19.2 Å². The molecule has 0 aliphatic carbocycles. The first-order valence-electron chi connectivity index (χ1n) is 11.7. The molecule has 2 heterocycles. The lowest BCUT2D eigenvalue weighted by atomic mass is 9.86. The van der Waals surface area contributed by atoms with Gasteiger partial charge in [-0.3, -0.25) is 4.79 Å². The number of carbonyl (C=O) groups is 2. The standard InChI is InChI=1S/C25H32O12/c1-3-15-16(10-19(28)34-9-8-13-4-6-14(27)7-5-13)17(23(32)33-2)12-35-24(15)37-25-22(31)21(30)20(29)18(11-26)36-25/h3-7,12,16,18,20-22,24-27,29-31H,8-11H2,1-2H3/t16-,18-,20+,21-,22+,24-,25-/m0/s1. The molecule has 1 fully saturated rings. The van der Waals surface area contributed by atoms with Gasteiger partial charge in [-0.1, -0.05) is 18.2 Å². The maximum absolute atomic E-state index is 12.7. The number of rotatable bonds is 9. The van der Waals surface area contributed by atoms with Crippen LogP contribution in [0.15, 0.2) is 47.7 Å². The van der Waals surface area contributed by atoms with Gasteiger partial charge in [0.25, 0.3) is 0 Å². The van der Waals surface area contributed by atoms with E-state index >= 15 is 0 Å². The molecule has 12 heteroatoms. The summed E-state index contributed by atoms with van der Waals surface area (Å²) in [7, 11) is 1.18. The van der Waals surface area contributed by atoms with Gasteiger partial charge in [-0.25, -0.2) is 4.79 Å². The molecule has 5 N–H and O–H groups in total. The monoisotopic (exact) mass is 524 g/mol. The molecule has 1 saturated heterocycles. The smallest absolute Gasteiger partial charge is 0.337 e. The van der Waals surface area contributed by atoms with E-state index in [-0.39, 0.29) is 24.4 Å². The Morgan fingerprint density at radius 2 is 1.78 bits per heavy atom. The van der Waals surface area contributed by atoms with Gasteiger partial charge in [0.1, 0.15) is 30.2 Å². The lowest BCUT2D eigenvalue weighted by Crippen LogP contribution is -2.60. The summed E-state index contributed by atoms with van der Waals surface area (Å²) in [5.74, 6) is -2.07. The van der Waals surface area contributed by atoms with Crippen molar-refractivity contribution < 1.29 is 58.8 Å². The molecular formula is C25H32O12. The van der Waals surface area contributed by atoms with Crippen molar-refractivity contribution in [2.45, 2.75) is 56.8 Å². The molecule has 7 atom stereocenters. The van der Waals surface area contributed by atoms with Crippen LogP contribution in [0.1, 0.15) is 18.9 Å². The molecule has 0 radical (unpaired) electrons. The number of carbonyl (C=O) groups excluding carboxylic acids is 2. The van der Waals surface area contributed by atoms with Crippen molar-refractivity contribution in [3.05, 3.63) is 53.3 Å². The average Bonchev–Trinajstić information content (AvgIpc) is 2.89. The van der Waals surface area contributed by atoms with E-state index in [0.717, 1.165) is 11.8 Å². The third-order valence-corrected chi connectivity index (χ3v) is 6.19. The Hall–Kier alpha value is -3.00. The lowest BCUT2D eigenvalue weighted by Gasteiger charge is -2.41. The fourth-order valence-corrected chi connectivity index (χ4v) is 4.10. The number of hydrogen-bond donors (Lipinski definition) is 5. The number of benzene rings is 1. The number of aliphatic hydroxyl groups is 4. The minimum Gasteiger partial charge on any atom is -0.508 e. The second-order valence-electron chi connectivity index (χ2n) is 8.55. The number of ether oxygens (including phenoxy) is 5. The molecular weight excluding hydrogens is 492 g/mol.